The molecule has 1 atom stereocenters. The first-order chi connectivity index (χ1) is 8.93. The van der Waals surface area contributed by atoms with Crippen LogP contribution < -0.4 is 4.90 Å². The van der Waals surface area contributed by atoms with Gasteiger partial charge in [-0.25, -0.2) is 0 Å². The van der Waals surface area contributed by atoms with Gasteiger partial charge in [-0.3, -0.25) is 0 Å². The Hall–Kier alpha value is -1.80. The molecule has 0 radical (unpaired) electrons. The first-order valence-corrected chi connectivity index (χ1v) is 6.37. The van der Waals surface area contributed by atoms with Crippen LogP contribution in [0.5, 0.6) is 0 Å². The monoisotopic (exact) mass is 239 g/mol. The normalized spacial score (nSPS) is 17.8. The minimum Gasteiger partial charge on any atom is -0.375 e. The van der Waals surface area contributed by atoms with Crippen LogP contribution in [-0.4, -0.2) is 19.2 Å². The average Bonchev–Trinajstić information content (AvgIpc) is 3.21. The molecule has 1 heterocycles. The van der Waals surface area contributed by atoms with Crippen molar-refractivity contribution in [1.29, 1.82) is 0 Å². The number of rotatable bonds is 5. The smallest absolute Gasteiger partial charge is 0.0717 e. The Morgan fingerprint density at radius 3 is 2.33 bits per heavy atom. The van der Waals surface area contributed by atoms with Crippen molar-refractivity contribution in [2.24, 2.45) is 0 Å². The van der Waals surface area contributed by atoms with Gasteiger partial charge in [0, 0.05) is 12.2 Å². The van der Waals surface area contributed by atoms with E-state index in [0.717, 1.165) is 13.2 Å². The van der Waals surface area contributed by atoms with E-state index in [1.807, 2.05) is 24.3 Å². The highest BCUT2D eigenvalue weighted by atomic mass is 16.5. The van der Waals surface area contributed by atoms with Crippen LogP contribution in [0.1, 0.15) is 5.56 Å². The van der Waals surface area contributed by atoms with Gasteiger partial charge in [0.2, 0.25) is 0 Å². The molecule has 2 nitrogen and oxygen atoms in total. The highest BCUT2D eigenvalue weighted by Gasteiger charge is 2.33. The summed E-state index contributed by atoms with van der Waals surface area (Å²) in [6, 6.07) is 21.4. The molecule has 18 heavy (non-hydrogen) atoms. The second-order valence-corrected chi connectivity index (χ2v) is 4.64. The zero-order valence-corrected chi connectivity index (χ0v) is 10.3. The third-order valence-electron chi connectivity index (χ3n) is 3.22. The van der Waals surface area contributed by atoms with Crippen molar-refractivity contribution in [3.05, 3.63) is 66.2 Å². The van der Waals surface area contributed by atoms with Crippen molar-refractivity contribution in [3.8, 4) is 0 Å². The maximum Gasteiger partial charge on any atom is 0.0717 e. The predicted molar refractivity (Wildman–Crippen MR) is 73.7 cm³/mol. The summed E-state index contributed by atoms with van der Waals surface area (Å²) in [6.45, 7) is 2.63. The second kappa shape index (κ2) is 5.23. The standard InChI is InChI=1S/C16H17NO/c1-3-7-14(8-4-1)12-18-13-16-11-17(16)15-9-5-2-6-10-15/h1-10,16H,11-13H2. The minimum absolute atomic E-state index is 0.552. The molecule has 0 saturated carbocycles. The van der Waals surface area contributed by atoms with Gasteiger partial charge >= 0.3 is 0 Å². The van der Waals surface area contributed by atoms with Gasteiger partial charge in [0.05, 0.1) is 19.3 Å². The number of hydrogen-bond donors (Lipinski definition) is 0. The number of para-hydroxylation sites is 1. The van der Waals surface area contributed by atoms with Gasteiger partial charge in [-0.05, 0) is 17.7 Å². The molecule has 1 unspecified atom stereocenters. The molecular weight excluding hydrogens is 222 g/mol. The zero-order chi connectivity index (χ0) is 12.2. The number of anilines is 1. The van der Waals surface area contributed by atoms with E-state index in [0.29, 0.717) is 12.6 Å². The molecule has 1 aliphatic heterocycles. The Morgan fingerprint density at radius 2 is 1.61 bits per heavy atom. The first kappa shape index (κ1) is 11.3. The van der Waals surface area contributed by atoms with Gasteiger partial charge in [0.15, 0.2) is 0 Å². The van der Waals surface area contributed by atoms with Crippen molar-refractivity contribution in [2.45, 2.75) is 12.6 Å². The van der Waals surface area contributed by atoms with Crippen LogP contribution in [0.2, 0.25) is 0 Å². The van der Waals surface area contributed by atoms with E-state index in [2.05, 4.69) is 41.3 Å². The number of hydrogen-bond acceptors (Lipinski definition) is 2. The number of ether oxygens (including phenoxy) is 1. The van der Waals surface area contributed by atoms with Crippen molar-refractivity contribution in [2.75, 3.05) is 18.1 Å². The van der Waals surface area contributed by atoms with Crippen molar-refractivity contribution < 1.29 is 4.74 Å². The molecule has 1 aliphatic rings. The van der Waals surface area contributed by atoms with E-state index in [4.69, 9.17) is 4.74 Å². The lowest BCUT2D eigenvalue weighted by atomic mass is 10.2. The Kier molecular flexibility index (Phi) is 3.29. The first-order valence-electron chi connectivity index (χ1n) is 6.37. The van der Waals surface area contributed by atoms with Crippen LogP contribution >= 0.6 is 0 Å². The molecule has 0 amide bonds. The Bertz CT molecular complexity index is 483. The third-order valence-corrected chi connectivity index (χ3v) is 3.22. The van der Waals surface area contributed by atoms with Crippen molar-refractivity contribution in [3.63, 3.8) is 0 Å². The molecule has 0 spiro atoms. The molecule has 0 aliphatic carbocycles. The summed E-state index contributed by atoms with van der Waals surface area (Å²) in [5.74, 6) is 0. The van der Waals surface area contributed by atoms with Crippen LogP contribution in [-0.2, 0) is 11.3 Å². The van der Waals surface area contributed by atoms with Crippen LogP contribution in [0.4, 0.5) is 5.69 Å². The quantitative estimate of drug-likeness (QED) is 0.743. The molecular formula is C16H17NO. The van der Waals surface area contributed by atoms with Crippen LogP contribution in [0.25, 0.3) is 0 Å². The Balaban J connectivity index is 1.44. The molecule has 2 aromatic rings. The number of nitrogens with zero attached hydrogens (tertiary/aromatic N) is 1. The molecule has 1 fully saturated rings. The van der Waals surface area contributed by atoms with E-state index < -0.39 is 0 Å². The molecule has 2 aromatic carbocycles. The lowest BCUT2D eigenvalue weighted by molar-refractivity contribution is 0.124. The zero-order valence-electron chi connectivity index (χ0n) is 10.3. The lowest BCUT2D eigenvalue weighted by Crippen LogP contribution is -2.07. The molecule has 1 saturated heterocycles. The highest BCUT2D eigenvalue weighted by molar-refractivity contribution is 5.53. The van der Waals surface area contributed by atoms with Gasteiger partial charge < -0.3 is 9.64 Å². The summed E-state index contributed by atoms with van der Waals surface area (Å²) in [4.78, 5) is 2.37. The molecule has 0 aromatic heterocycles. The fraction of sp³-hybridized carbons (Fsp3) is 0.250. The molecule has 0 N–H and O–H groups in total. The van der Waals surface area contributed by atoms with Gasteiger partial charge in [0.25, 0.3) is 0 Å². The molecule has 0 bridgehead atoms. The van der Waals surface area contributed by atoms with Crippen LogP contribution in [0.3, 0.4) is 0 Å². The van der Waals surface area contributed by atoms with Gasteiger partial charge in [0.1, 0.15) is 0 Å². The SMILES string of the molecule is c1ccc(COCC2CN2c2ccccc2)cc1. The Morgan fingerprint density at radius 1 is 0.944 bits per heavy atom. The summed E-state index contributed by atoms with van der Waals surface area (Å²) in [5.41, 5.74) is 2.54. The summed E-state index contributed by atoms with van der Waals surface area (Å²) in [5, 5.41) is 0. The van der Waals surface area contributed by atoms with Gasteiger partial charge in [-0.15, -0.1) is 0 Å². The summed E-state index contributed by atoms with van der Waals surface area (Å²) in [7, 11) is 0. The number of benzene rings is 2. The fourth-order valence-corrected chi connectivity index (χ4v) is 2.15. The average molecular weight is 239 g/mol. The van der Waals surface area contributed by atoms with E-state index in [9.17, 15) is 0 Å². The molecule has 2 heteroatoms. The van der Waals surface area contributed by atoms with Crippen LogP contribution in [0, 0.1) is 0 Å². The van der Waals surface area contributed by atoms with Crippen molar-refractivity contribution in [1.82, 2.24) is 0 Å². The predicted octanol–water partition coefficient (Wildman–Crippen LogP) is 3.09. The largest absolute Gasteiger partial charge is 0.375 e. The minimum atomic E-state index is 0.552. The molecule has 92 valence electrons. The fourth-order valence-electron chi connectivity index (χ4n) is 2.15. The van der Waals surface area contributed by atoms with E-state index >= 15 is 0 Å². The van der Waals surface area contributed by atoms with E-state index in [1.54, 1.807) is 0 Å². The maximum atomic E-state index is 5.75. The molecule has 3 rings (SSSR count). The summed E-state index contributed by atoms with van der Waals surface area (Å²) < 4.78 is 5.75. The third kappa shape index (κ3) is 2.71. The van der Waals surface area contributed by atoms with Crippen molar-refractivity contribution >= 4 is 5.69 Å². The lowest BCUT2D eigenvalue weighted by Gasteiger charge is -2.06. The van der Waals surface area contributed by atoms with Crippen LogP contribution in [0.15, 0.2) is 60.7 Å². The topological polar surface area (TPSA) is 12.2 Å². The van der Waals surface area contributed by atoms with Gasteiger partial charge in [-0.2, -0.15) is 0 Å². The summed E-state index contributed by atoms with van der Waals surface area (Å²) >= 11 is 0. The maximum absolute atomic E-state index is 5.75. The Labute approximate surface area is 108 Å². The van der Waals surface area contributed by atoms with E-state index in [1.165, 1.54) is 11.3 Å². The van der Waals surface area contributed by atoms with E-state index in [-0.39, 0.29) is 0 Å². The van der Waals surface area contributed by atoms with Gasteiger partial charge in [-0.1, -0.05) is 48.5 Å². The second-order valence-electron chi connectivity index (χ2n) is 4.64. The summed E-state index contributed by atoms with van der Waals surface area (Å²) in [6.07, 6.45) is 0. The highest BCUT2D eigenvalue weighted by Crippen LogP contribution is 2.27.